The maximum absolute atomic E-state index is 5.78. The summed E-state index contributed by atoms with van der Waals surface area (Å²) in [5.41, 5.74) is 1.16. The van der Waals surface area contributed by atoms with Gasteiger partial charge in [-0.05, 0) is 7.05 Å². The van der Waals surface area contributed by atoms with Crippen molar-refractivity contribution < 1.29 is 9.47 Å². The molecule has 1 aliphatic heterocycles. The molecule has 0 radical (unpaired) electrons. The average Bonchev–Trinajstić information content (AvgIpc) is 2.92. The predicted octanol–water partition coefficient (Wildman–Crippen LogP) is 0.122. The van der Waals surface area contributed by atoms with Gasteiger partial charge in [-0.15, -0.1) is 0 Å². The van der Waals surface area contributed by atoms with Crippen LogP contribution in [0.1, 0.15) is 11.8 Å². The smallest absolute Gasteiger partial charge is 0.111 e. The lowest BCUT2D eigenvalue weighted by atomic mass is 10.2. The Morgan fingerprint density at radius 3 is 3.21 bits per heavy atom. The molecule has 1 aromatic rings. The maximum atomic E-state index is 5.78. The summed E-state index contributed by atoms with van der Waals surface area (Å²) in [5.74, 6) is 0. The molecule has 0 aliphatic carbocycles. The molecule has 108 valence electrons. The van der Waals surface area contributed by atoms with Crippen molar-refractivity contribution in [1.29, 1.82) is 0 Å². The Morgan fingerprint density at radius 1 is 1.58 bits per heavy atom. The zero-order valence-electron chi connectivity index (χ0n) is 11.8. The molecule has 0 bridgehead atoms. The molecule has 0 aromatic carbocycles. The number of methoxy groups -OCH3 is 1. The number of morpholine rings is 1. The van der Waals surface area contributed by atoms with E-state index in [0.29, 0.717) is 0 Å². The Morgan fingerprint density at radius 2 is 2.47 bits per heavy atom. The number of nitrogens with zero attached hydrogens (tertiary/aromatic N) is 3. The number of hydrogen-bond acceptors (Lipinski definition) is 5. The fourth-order valence-electron chi connectivity index (χ4n) is 2.18. The van der Waals surface area contributed by atoms with Gasteiger partial charge in [-0.25, -0.2) is 4.98 Å². The van der Waals surface area contributed by atoms with Crippen molar-refractivity contribution in [2.75, 3.05) is 53.6 Å². The molecule has 1 unspecified atom stereocenters. The van der Waals surface area contributed by atoms with Gasteiger partial charge in [0.25, 0.3) is 0 Å². The van der Waals surface area contributed by atoms with E-state index in [0.717, 1.165) is 51.6 Å². The monoisotopic (exact) mass is 268 g/mol. The van der Waals surface area contributed by atoms with E-state index in [1.807, 2.05) is 12.5 Å². The van der Waals surface area contributed by atoms with Crippen molar-refractivity contribution in [3.8, 4) is 0 Å². The van der Waals surface area contributed by atoms with Crippen LogP contribution >= 0.6 is 0 Å². The highest BCUT2D eigenvalue weighted by Crippen LogP contribution is 2.18. The summed E-state index contributed by atoms with van der Waals surface area (Å²) < 4.78 is 13.0. The fourth-order valence-corrected chi connectivity index (χ4v) is 2.18. The first-order valence-electron chi connectivity index (χ1n) is 6.81. The van der Waals surface area contributed by atoms with Gasteiger partial charge in [0.2, 0.25) is 0 Å². The topological polar surface area (TPSA) is 51.5 Å². The largest absolute Gasteiger partial charge is 0.383 e. The molecule has 1 aromatic heterocycles. The van der Waals surface area contributed by atoms with E-state index < -0.39 is 0 Å². The molecule has 1 fully saturated rings. The molecule has 1 atom stereocenters. The minimum atomic E-state index is 0.125. The molecular weight excluding hydrogens is 244 g/mol. The lowest BCUT2D eigenvalue weighted by Gasteiger charge is -2.25. The quantitative estimate of drug-likeness (QED) is 0.761. The summed E-state index contributed by atoms with van der Waals surface area (Å²) in [6.45, 7) is 6.19. The van der Waals surface area contributed by atoms with Gasteiger partial charge in [-0.3, -0.25) is 0 Å². The Kier molecular flexibility index (Phi) is 5.78. The van der Waals surface area contributed by atoms with Crippen molar-refractivity contribution in [3.05, 3.63) is 18.2 Å². The molecule has 19 heavy (non-hydrogen) atoms. The average molecular weight is 268 g/mol. The van der Waals surface area contributed by atoms with Gasteiger partial charge >= 0.3 is 0 Å². The standard InChI is InChI=1S/C13H24N4O2/c1-16(6-8-18-2)4-5-17-11-15-9-12(17)13-10-14-3-7-19-13/h9,11,13-14H,3-8,10H2,1-2H3. The minimum Gasteiger partial charge on any atom is -0.383 e. The van der Waals surface area contributed by atoms with E-state index >= 15 is 0 Å². The molecule has 1 saturated heterocycles. The number of aromatic nitrogens is 2. The van der Waals surface area contributed by atoms with Crippen LogP contribution in [0.4, 0.5) is 0 Å². The van der Waals surface area contributed by atoms with Crippen LogP contribution in [0, 0.1) is 0 Å². The number of imidazole rings is 1. The molecule has 6 heteroatoms. The lowest BCUT2D eigenvalue weighted by Crippen LogP contribution is -2.35. The zero-order valence-corrected chi connectivity index (χ0v) is 11.8. The van der Waals surface area contributed by atoms with Gasteiger partial charge in [-0.1, -0.05) is 0 Å². The van der Waals surface area contributed by atoms with Crippen LogP contribution in [-0.2, 0) is 16.0 Å². The number of ether oxygens (including phenoxy) is 2. The van der Waals surface area contributed by atoms with Crippen LogP contribution in [-0.4, -0.2) is 68.0 Å². The highest BCUT2D eigenvalue weighted by Gasteiger charge is 2.19. The normalized spacial score (nSPS) is 20.1. The van der Waals surface area contributed by atoms with E-state index in [1.165, 1.54) is 0 Å². The maximum Gasteiger partial charge on any atom is 0.111 e. The van der Waals surface area contributed by atoms with Crippen LogP contribution in [0.25, 0.3) is 0 Å². The van der Waals surface area contributed by atoms with Crippen molar-refractivity contribution in [2.24, 2.45) is 0 Å². The molecule has 0 spiro atoms. The molecule has 1 aliphatic rings. The molecule has 6 nitrogen and oxygen atoms in total. The highest BCUT2D eigenvalue weighted by molar-refractivity contribution is 5.04. The summed E-state index contributed by atoms with van der Waals surface area (Å²) in [4.78, 5) is 6.51. The summed E-state index contributed by atoms with van der Waals surface area (Å²) >= 11 is 0. The van der Waals surface area contributed by atoms with Gasteiger partial charge in [0.15, 0.2) is 0 Å². The number of hydrogen-bond donors (Lipinski definition) is 1. The number of rotatable bonds is 7. The van der Waals surface area contributed by atoms with E-state index in [2.05, 4.69) is 26.8 Å². The zero-order chi connectivity index (χ0) is 13.5. The lowest BCUT2D eigenvalue weighted by molar-refractivity contribution is 0.0225. The Bertz CT molecular complexity index is 363. The van der Waals surface area contributed by atoms with Crippen LogP contribution in [0.15, 0.2) is 12.5 Å². The van der Waals surface area contributed by atoms with E-state index in [1.54, 1.807) is 7.11 Å². The second-order valence-electron chi connectivity index (χ2n) is 4.87. The van der Waals surface area contributed by atoms with E-state index in [4.69, 9.17) is 9.47 Å². The van der Waals surface area contributed by atoms with E-state index in [9.17, 15) is 0 Å². The van der Waals surface area contributed by atoms with E-state index in [-0.39, 0.29) is 6.10 Å². The molecular formula is C13H24N4O2. The Labute approximate surface area is 114 Å². The SMILES string of the molecule is COCCN(C)CCn1cncc1C1CNCCO1. The third kappa shape index (κ3) is 4.28. The number of nitrogens with one attached hydrogen (secondary N) is 1. The second-order valence-corrected chi connectivity index (χ2v) is 4.87. The molecule has 1 N–H and O–H groups in total. The first-order chi connectivity index (χ1) is 9.31. The molecule has 0 saturated carbocycles. The Hall–Kier alpha value is -0.950. The molecule has 2 heterocycles. The van der Waals surface area contributed by atoms with Crippen molar-refractivity contribution in [1.82, 2.24) is 19.8 Å². The van der Waals surface area contributed by atoms with Crippen molar-refractivity contribution in [3.63, 3.8) is 0 Å². The summed E-state index contributed by atoms with van der Waals surface area (Å²) in [5, 5.41) is 3.35. The van der Waals surface area contributed by atoms with Gasteiger partial charge in [0.05, 0.1) is 31.4 Å². The van der Waals surface area contributed by atoms with Crippen molar-refractivity contribution in [2.45, 2.75) is 12.6 Å². The number of likely N-dealkylation sites (N-methyl/N-ethyl adjacent to an activating group) is 1. The first-order valence-corrected chi connectivity index (χ1v) is 6.81. The third-order valence-corrected chi connectivity index (χ3v) is 3.40. The predicted molar refractivity (Wildman–Crippen MR) is 73.2 cm³/mol. The van der Waals surface area contributed by atoms with Gasteiger partial charge < -0.3 is 24.3 Å². The second kappa shape index (κ2) is 7.59. The summed E-state index contributed by atoms with van der Waals surface area (Å²) in [6.07, 6.45) is 3.92. The summed E-state index contributed by atoms with van der Waals surface area (Å²) in [7, 11) is 3.84. The first kappa shape index (κ1) is 14.5. The minimum absolute atomic E-state index is 0.125. The third-order valence-electron chi connectivity index (χ3n) is 3.40. The van der Waals surface area contributed by atoms with Crippen LogP contribution in [0.5, 0.6) is 0 Å². The Balaban J connectivity index is 1.85. The van der Waals surface area contributed by atoms with Crippen LogP contribution in [0.2, 0.25) is 0 Å². The van der Waals surface area contributed by atoms with Gasteiger partial charge in [0, 0.05) is 39.8 Å². The fraction of sp³-hybridized carbons (Fsp3) is 0.769. The highest BCUT2D eigenvalue weighted by atomic mass is 16.5. The molecule has 0 amide bonds. The van der Waals surface area contributed by atoms with Crippen LogP contribution in [0.3, 0.4) is 0 Å². The van der Waals surface area contributed by atoms with Crippen LogP contribution < -0.4 is 5.32 Å². The van der Waals surface area contributed by atoms with Crippen molar-refractivity contribution >= 4 is 0 Å². The molecule has 2 rings (SSSR count). The van der Waals surface area contributed by atoms with Gasteiger partial charge in [0.1, 0.15) is 6.10 Å². The summed E-state index contributed by atoms with van der Waals surface area (Å²) in [6, 6.07) is 0. The van der Waals surface area contributed by atoms with Gasteiger partial charge in [-0.2, -0.15) is 0 Å².